The zero-order valence-corrected chi connectivity index (χ0v) is 19.7. The number of amides is 1. The fourth-order valence-corrected chi connectivity index (χ4v) is 4.59. The van der Waals surface area contributed by atoms with Crippen LogP contribution in [-0.4, -0.2) is 26.4 Å². The molecule has 29 heavy (non-hydrogen) atoms. The van der Waals surface area contributed by atoms with Crippen LogP contribution in [0.3, 0.4) is 0 Å². The van der Waals surface area contributed by atoms with Gasteiger partial charge in [-0.05, 0) is 80.6 Å². The van der Waals surface area contributed by atoms with E-state index in [1.807, 2.05) is 24.5 Å². The average Bonchev–Trinajstić information content (AvgIpc) is 3.04. The molecule has 0 fully saturated rings. The lowest BCUT2D eigenvalue weighted by Crippen LogP contribution is -2.16. The van der Waals surface area contributed by atoms with Crippen molar-refractivity contribution in [1.82, 2.24) is 14.8 Å². The molecular weight excluding hydrogens is 448 g/mol. The fourth-order valence-electron chi connectivity index (χ4n) is 3.17. The molecule has 0 saturated heterocycles. The van der Waals surface area contributed by atoms with E-state index < -0.39 is 0 Å². The molecule has 3 rings (SSSR count). The van der Waals surface area contributed by atoms with Crippen molar-refractivity contribution in [3.63, 3.8) is 0 Å². The smallest absolute Gasteiger partial charge is 0.234 e. The zero-order chi connectivity index (χ0) is 21.1. The third-order valence-electron chi connectivity index (χ3n) is 4.90. The molecule has 0 saturated carbocycles. The van der Waals surface area contributed by atoms with E-state index in [4.69, 9.17) is 0 Å². The lowest BCUT2D eigenvalue weighted by Gasteiger charge is -2.14. The van der Waals surface area contributed by atoms with Gasteiger partial charge in [-0.3, -0.25) is 9.36 Å². The van der Waals surface area contributed by atoms with E-state index in [1.54, 1.807) is 0 Å². The molecule has 2 aromatic carbocycles. The van der Waals surface area contributed by atoms with Crippen molar-refractivity contribution < 1.29 is 4.79 Å². The molecule has 0 aliphatic heterocycles. The topological polar surface area (TPSA) is 59.8 Å². The van der Waals surface area contributed by atoms with E-state index in [2.05, 4.69) is 76.5 Å². The Bertz CT molecular complexity index is 1060. The lowest BCUT2D eigenvalue weighted by atomic mass is 10.1. The molecule has 1 amide bonds. The van der Waals surface area contributed by atoms with Crippen molar-refractivity contribution >= 4 is 39.3 Å². The molecule has 7 heteroatoms. The molecule has 0 radical (unpaired) electrons. The summed E-state index contributed by atoms with van der Waals surface area (Å²) in [6, 6.07) is 10.3. The van der Waals surface area contributed by atoms with Crippen molar-refractivity contribution in [2.24, 2.45) is 0 Å². The van der Waals surface area contributed by atoms with Crippen LogP contribution in [0, 0.1) is 27.7 Å². The van der Waals surface area contributed by atoms with Crippen molar-refractivity contribution in [2.45, 2.75) is 46.2 Å². The van der Waals surface area contributed by atoms with E-state index in [0.717, 1.165) is 39.2 Å². The van der Waals surface area contributed by atoms with Crippen molar-refractivity contribution in [2.75, 3.05) is 11.1 Å². The summed E-state index contributed by atoms with van der Waals surface area (Å²) in [7, 11) is 0. The van der Waals surface area contributed by atoms with Crippen LogP contribution in [0.15, 0.2) is 40.0 Å². The van der Waals surface area contributed by atoms with Gasteiger partial charge in [0, 0.05) is 15.8 Å². The Balaban J connectivity index is 1.76. The van der Waals surface area contributed by atoms with Gasteiger partial charge in [0.15, 0.2) is 5.16 Å². The molecule has 152 valence electrons. The largest absolute Gasteiger partial charge is 0.325 e. The maximum absolute atomic E-state index is 12.6. The van der Waals surface area contributed by atoms with E-state index in [0.29, 0.717) is 5.16 Å². The van der Waals surface area contributed by atoms with Crippen molar-refractivity contribution in [3.8, 4) is 5.69 Å². The number of aromatic nitrogens is 3. The number of thioether (sulfide) groups is 1. The first kappa shape index (κ1) is 21.6. The van der Waals surface area contributed by atoms with Gasteiger partial charge >= 0.3 is 0 Å². The number of aryl methyl sites for hydroxylation is 5. The molecular formula is C22H25BrN4OS. The minimum Gasteiger partial charge on any atom is -0.325 e. The molecule has 0 spiro atoms. The Kier molecular flexibility index (Phi) is 6.80. The van der Waals surface area contributed by atoms with E-state index in [-0.39, 0.29) is 11.7 Å². The number of halogens is 1. The van der Waals surface area contributed by atoms with E-state index >= 15 is 0 Å². The van der Waals surface area contributed by atoms with Gasteiger partial charge in [-0.15, -0.1) is 10.2 Å². The number of nitrogens with zero attached hydrogens (tertiary/aromatic N) is 3. The second kappa shape index (κ2) is 9.13. The molecule has 5 nitrogen and oxygen atoms in total. The Morgan fingerprint density at radius 3 is 2.52 bits per heavy atom. The van der Waals surface area contributed by atoms with Gasteiger partial charge in [0.2, 0.25) is 5.91 Å². The third kappa shape index (κ3) is 4.90. The standard InChI is InChI=1S/C22H25BrN4OS/c1-6-17-11-18(23)9-15(4)21(17)24-20(28)12-29-22-26-25-16(5)27(22)19-8-7-13(2)14(3)10-19/h7-11H,6,12H2,1-5H3,(H,24,28). The summed E-state index contributed by atoms with van der Waals surface area (Å²) in [5, 5.41) is 12.3. The number of rotatable bonds is 6. The first-order valence-corrected chi connectivity index (χ1v) is 11.3. The Labute approximate surface area is 184 Å². The zero-order valence-electron chi connectivity index (χ0n) is 17.3. The van der Waals surface area contributed by atoms with Crippen LogP contribution < -0.4 is 5.32 Å². The van der Waals surface area contributed by atoms with Gasteiger partial charge in [-0.25, -0.2) is 0 Å². The summed E-state index contributed by atoms with van der Waals surface area (Å²) in [4.78, 5) is 12.6. The molecule has 0 bridgehead atoms. The van der Waals surface area contributed by atoms with E-state index in [9.17, 15) is 4.79 Å². The Morgan fingerprint density at radius 1 is 1.07 bits per heavy atom. The minimum absolute atomic E-state index is 0.0533. The van der Waals surface area contributed by atoms with Gasteiger partial charge in [-0.1, -0.05) is 40.7 Å². The number of hydrogen-bond donors (Lipinski definition) is 1. The van der Waals surface area contributed by atoms with Crippen molar-refractivity contribution in [1.29, 1.82) is 0 Å². The van der Waals surface area contributed by atoms with E-state index in [1.165, 1.54) is 22.9 Å². The molecule has 1 N–H and O–H groups in total. The number of carbonyl (C=O) groups is 1. The SMILES string of the molecule is CCc1cc(Br)cc(C)c1NC(=O)CSc1nnc(C)n1-c1ccc(C)c(C)c1. The summed E-state index contributed by atoms with van der Waals surface area (Å²) in [6.07, 6.45) is 0.851. The first-order chi connectivity index (χ1) is 13.8. The third-order valence-corrected chi connectivity index (χ3v) is 6.29. The van der Waals surface area contributed by atoms with Crippen LogP contribution in [0.25, 0.3) is 5.69 Å². The second-order valence-corrected chi connectivity index (χ2v) is 8.94. The predicted molar refractivity (Wildman–Crippen MR) is 123 cm³/mol. The fraction of sp³-hybridized carbons (Fsp3) is 0.318. The highest BCUT2D eigenvalue weighted by Crippen LogP contribution is 2.27. The summed E-state index contributed by atoms with van der Waals surface area (Å²) in [5.74, 6) is 1.01. The summed E-state index contributed by atoms with van der Waals surface area (Å²) < 4.78 is 3.02. The molecule has 0 unspecified atom stereocenters. The predicted octanol–water partition coefficient (Wildman–Crippen LogP) is 5.56. The van der Waals surface area contributed by atoms with Crippen LogP contribution in [0.5, 0.6) is 0 Å². The summed E-state index contributed by atoms with van der Waals surface area (Å²) in [6.45, 7) is 10.2. The maximum Gasteiger partial charge on any atom is 0.234 e. The van der Waals surface area contributed by atoms with Gasteiger partial charge < -0.3 is 5.32 Å². The number of carbonyl (C=O) groups excluding carboxylic acids is 1. The number of anilines is 1. The lowest BCUT2D eigenvalue weighted by molar-refractivity contribution is -0.113. The second-order valence-electron chi connectivity index (χ2n) is 7.08. The minimum atomic E-state index is -0.0533. The molecule has 0 aliphatic rings. The monoisotopic (exact) mass is 472 g/mol. The van der Waals surface area contributed by atoms with Gasteiger partial charge in [0.25, 0.3) is 0 Å². The summed E-state index contributed by atoms with van der Waals surface area (Å²) in [5.41, 5.74) is 6.52. The highest BCUT2D eigenvalue weighted by atomic mass is 79.9. The first-order valence-electron chi connectivity index (χ1n) is 9.51. The van der Waals surface area contributed by atoms with Gasteiger partial charge in [-0.2, -0.15) is 0 Å². The Hall–Kier alpha value is -2.12. The maximum atomic E-state index is 12.6. The van der Waals surface area contributed by atoms with Gasteiger partial charge in [0.1, 0.15) is 5.82 Å². The number of hydrogen-bond acceptors (Lipinski definition) is 4. The molecule has 0 atom stereocenters. The van der Waals surface area contributed by atoms with Gasteiger partial charge in [0.05, 0.1) is 5.75 Å². The molecule has 1 heterocycles. The van der Waals surface area contributed by atoms with Crippen LogP contribution >= 0.6 is 27.7 Å². The van der Waals surface area contributed by atoms with Crippen LogP contribution in [0.1, 0.15) is 35.0 Å². The summed E-state index contributed by atoms with van der Waals surface area (Å²) >= 11 is 4.91. The van der Waals surface area contributed by atoms with Crippen LogP contribution in [0.4, 0.5) is 5.69 Å². The quantitative estimate of drug-likeness (QED) is 0.477. The normalized spacial score (nSPS) is 11.0. The van der Waals surface area contributed by atoms with Crippen LogP contribution in [-0.2, 0) is 11.2 Å². The molecule has 1 aromatic heterocycles. The highest BCUT2D eigenvalue weighted by Gasteiger charge is 2.15. The Morgan fingerprint density at radius 2 is 1.83 bits per heavy atom. The molecule has 0 aliphatic carbocycles. The van der Waals surface area contributed by atoms with Crippen molar-refractivity contribution in [3.05, 3.63) is 62.9 Å². The molecule has 3 aromatic rings. The average molecular weight is 473 g/mol. The number of nitrogens with one attached hydrogen (secondary N) is 1. The highest BCUT2D eigenvalue weighted by molar-refractivity contribution is 9.10. The van der Waals surface area contributed by atoms with Crippen LogP contribution in [0.2, 0.25) is 0 Å². The number of benzene rings is 2.